The second kappa shape index (κ2) is 12.8. The Morgan fingerprint density at radius 2 is 2.08 bits per heavy atom. The number of aryl methyl sites for hydroxylation is 1. The third kappa shape index (κ3) is 5.77. The first-order valence-electron chi connectivity index (χ1n) is 16.5. The van der Waals surface area contributed by atoms with Crippen LogP contribution in [0.5, 0.6) is 11.9 Å². The Balaban J connectivity index is 1.21. The summed E-state index contributed by atoms with van der Waals surface area (Å²) in [6.45, 7) is 3.50. The van der Waals surface area contributed by atoms with Gasteiger partial charge in [0, 0.05) is 30.5 Å². The van der Waals surface area contributed by atoms with Crippen LogP contribution in [0.4, 0.5) is 23.0 Å². The van der Waals surface area contributed by atoms with Gasteiger partial charge in [0.1, 0.15) is 53.4 Å². The van der Waals surface area contributed by atoms with Crippen molar-refractivity contribution >= 4 is 55.0 Å². The summed E-state index contributed by atoms with van der Waals surface area (Å²) in [6, 6.07) is 5.43. The number of nitriles is 1. The van der Waals surface area contributed by atoms with Crippen molar-refractivity contribution in [3.8, 4) is 29.1 Å². The number of benzene rings is 2. The van der Waals surface area contributed by atoms with Gasteiger partial charge in [0.2, 0.25) is 5.88 Å². The molecule has 6 heterocycles. The molecule has 3 aromatic heterocycles. The van der Waals surface area contributed by atoms with Crippen LogP contribution in [0.2, 0.25) is 5.02 Å². The minimum absolute atomic E-state index is 0.0105. The standard InChI is InChI=1S/C34H31ClF3N9O3S/c1-17-41-16-47(44-17)33(48)45-8-2-4-19(14-45)50-31-21-10-23(35)26(20-5-6-24(37)29-25(20)22(12-39)30(40)51-29)27(38)28(21)42-32(43-31)49-15-34-7-3-9-46(34)13-18(36)11-34/h5-6,10,16,18-19H,2-4,7-9,11,13-15,40H2,1H3/t18-,19?,34+/m1/s1. The van der Waals surface area contributed by atoms with Crippen LogP contribution in [-0.4, -0.2) is 91.2 Å². The smallest absolute Gasteiger partial charge is 0.346 e. The highest BCUT2D eigenvalue weighted by atomic mass is 35.5. The zero-order valence-electron chi connectivity index (χ0n) is 27.3. The Hall–Kier alpha value is -4.72. The molecular weight excluding hydrogens is 707 g/mol. The molecule has 51 heavy (non-hydrogen) atoms. The highest BCUT2D eigenvalue weighted by Crippen LogP contribution is 2.46. The number of ether oxygens (including phenoxy) is 2. The largest absolute Gasteiger partial charge is 0.472 e. The number of alkyl halides is 1. The van der Waals surface area contributed by atoms with Gasteiger partial charge in [-0.05, 0) is 56.8 Å². The maximum Gasteiger partial charge on any atom is 0.346 e. The molecule has 3 atom stereocenters. The lowest BCUT2D eigenvalue weighted by Crippen LogP contribution is -2.46. The number of nitrogen functional groups attached to an aromatic ring is 1. The topological polar surface area (TPSA) is 148 Å². The van der Waals surface area contributed by atoms with Gasteiger partial charge in [-0.25, -0.2) is 22.9 Å². The number of hydrogen-bond acceptors (Lipinski definition) is 11. The van der Waals surface area contributed by atoms with E-state index in [4.69, 9.17) is 26.8 Å². The fourth-order valence-electron chi connectivity index (χ4n) is 7.66. The molecule has 0 aliphatic carbocycles. The molecule has 8 rings (SSSR count). The Morgan fingerprint density at radius 3 is 2.86 bits per heavy atom. The number of likely N-dealkylation sites (tertiary alicyclic amines) is 1. The van der Waals surface area contributed by atoms with Crippen molar-refractivity contribution in [3.05, 3.63) is 52.6 Å². The normalized spacial score (nSPS) is 22.1. The van der Waals surface area contributed by atoms with Crippen LogP contribution >= 0.6 is 22.9 Å². The van der Waals surface area contributed by atoms with E-state index in [0.29, 0.717) is 38.2 Å². The number of aromatic nitrogens is 5. The van der Waals surface area contributed by atoms with Gasteiger partial charge in [0.05, 0.1) is 32.8 Å². The van der Waals surface area contributed by atoms with Crippen LogP contribution in [0.3, 0.4) is 0 Å². The van der Waals surface area contributed by atoms with E-state index in [0.717, 1.165) is 30.7 Å². The molecule has 2 N–H and O–H groups in total. The van der Waals surface area contributed by atoms with Crippen molar-refractivity contribution in [2.45, 2.75) is 56.8 Å². The Labute approximate surface area is 298 Å². The molecule has 264 valence electrons. The molecule has 0 spiro atoms. The van der Waals surface area contributed by atoms with Crippen molar-refractivity contribution in [3.63, 3.8) is 0 Å². The predicted octanol–water partition coefficient (Wildman–Crippen LogP) is 6.26. The number of thiophene rings is 1. The molecular formula is C34H31ClF3N9O3S. The van der Waals surface area contributed by atoms with Gasteiger partial charge in [-0.15, -0.1) is 16.4 Å². The van der Waals surface area contributed by atoms with Crippen LogP contribution in [0.15, 0.2) is 24.5 Å². The summed E-state index contributed by atoms with van der Waals surface area (Å²) < 4.78 is 60.2. The molecule has 1 amide bonds. The van der Waals surface area contributed by atoms with E-state index in [-0.39, 0.29) is 78.8 Å². The van der Waals surface area contributed by atoms with Crippen LogP contribution in [0.25, 0.3) is 32.1 Å². The third-order valence-electron chi connectivity index (χ3n) is 9.99. The number of piperidine rings is 1. The lowest BCUT2D eigenvalue weighted by atomic mass is 9.95. The summed E-state index contributed by atoms with van der Waals surface area (Å²) in [5, 5.41) is 14.3. The van der Waals surface area contributed by atoms with E-state index in [1.807, 2.05) is 6.07 Å². The molecule has 17 heteroatoms. The molecule has 3 aliphatic heterocycles. The molecule has 0 radical (unpaired) electrons. The first-order chi connectivity index (χ1) is 24.5. The van der Waals surface area contributed by atoms with E-state index in [2.05, 4.69) is 25.0 Å². The fraction of sp³-hybridized carbons (Fsp3) is 0.412. The van der Waals surface area contributed by atoms with Crippen molar-refractivity contribution < 1.29 is 27.4 Å². The number of hydrogen-bond donors (Lipinski definition) is 1. The van der Waals surface area contributed by atoms with Crippen molar-refractivity contribution in [1.29, 1.82) is 5.26 Å². The molecule has 5 aromatic rings. The highest BCUT2D eigenvalue weighted by Gasteiger charge is 2.49. The molecule has 3 fully saturated rings. The second-order valence-corrected chi connectivity index (χ2v) is 14.7. The van der Waals surface area contributed by atoms with Gasteiger partial charge >= 0.3 is 12.0 Å². The van der Waals surface area contributed by atoms with Gasteiger partial charge in [0.25, 0.3) is 0 Å². The first-order valence-corrected chi connectivity index (χ1v) is 17.7. The zero-order valence-corrected chi connectivity index (χ0v) is 28.9. The fourth-order valence-corrected chi connectivity index (χ4v) is 8.90. The van der Waals surface area contributed by atoms with E-state index in [9.17, 15) is 18.8 Å². The minimum Gasteiger partial charge on any atom is -0.472 e. The predicted molar refractivity (Wildman–Crippen MR) is 184 cm³/mol. The summed E-state index contributed by atoms with van der Waals surface area (Å²) in [4.78, 5) is 29.9. The third-order valence-corrected chi connectivity index (χ3v) is 11.3. The molecule has 2 aromatic carbocycles. The van der Waals surface area contributed by atoms with Crippen LogP contribution in [0.1, 0.15) is 43.5 Å². The summed E-state index contributed by atoms with van der Waals surface area (Å²) in [7, 11) is 0. The Bertz CT molecular complexity index is 2260. The monoisotopic (exact) mass is 737 g/mol. The van der Waals surface area contributed by atoms with Gasteiger partial charge in [-0.3, -0.25) is 4.90 Å². The number of halogens is 4. The molecule has 3 aliphatic rings. The van der Waals surface area contributed by atoms with Crippen LogP contribution < -0.4 is 15.2 Å². The maximum absolute atomic E-state index is 17.0. The first kappa shape index (κ1) is 33.4. The van der Waals surface area contributed by atoms with E-state index < -0.39 is 29.4 Å². The molecule has 1 unspecified atom stereocenters. The summed E-state index contributed by atoms with van der Waals surface area (Å²) in [5.41, 5.74) is 5.39. The summed E-state index contributed by atoms with van der Waals surface area (Å²) >= 11 is 7.69. The molecule has 0 bridgehead atoms. The van der Waals surface area contributed by atoms with Crippen LogP contribution in [0, 0.1) is 29.9 Å². The lowest BCUT2D eigenvalue weighted by Gasteiger charge is -2.32. The van der Waals surface area contributed by atoms with Gasteiger partial charge in [0.15, 0.2) is 5.82 Å². The number of amides is 1. The number of rotatable bonds is 6. The molecule has 0 saturated carbocycles. The van der Waals surface area contributed by atoms with Gasteiger partial charge in [-0.2, -0.15) is 19.9 Å². The van der Waals surface area contributed by atoms with E-state index in [1.165, 1.54) is 29.2 Å². The average molecular weight is 738 g/mol. The highest BCUT2D eigenvalue weighted by molar-refractivity contribution is 7.23. The van der Waals surface area contributed by atoms with Crippen LogP contribution in [-0.2, 0) is 0 Å². The lowest BCUT2D eigenvalue weighted by molar-refractivity contribution is 0.0932. The summed E-state index contributed by atoms with van der Waals surface area (Å²) in [5.74, 6) is -1.04. The second-order valence-electron chi connectivity index (χ2n) is 13.2. The van der Waals surface area contributed by atoms with E-state index >= 15 is 4.39 Å². The number of nitrogens with zero attached hydrogens (tertiary/aromatic N) is 8. The van der Waals surface area contributed by atoms with Crippen molar-refractivity contribution in [1.82, 2.24) is 34.5 Å². The summed E-state index contributed by atoms with van der Waals surface area (Å²) in [6.07, 6.45) is 2.94. The van der Waals surface area contributed by atoms with Crippen molar-refractivity contribution in [2.75, 3.05) is 38.5 Å². The molecule has 12 nitrogen and oxygen atoms in total. The van der Waals surface area contributed by atoms with E-state index in [1.54, 1.807) is 11.8 Å². The quantitative estimate of drug-likeness (QED) is 0.212. The maximum atomic E-state index is 17.0. The number of fused-ring (bicyclic) bond motifs is 3. The number of carbonyl (C=O) groups excluding carboxylic acids is 1. The Kier molecular flexibility index (Phi) is 8.39. The number of anilines is 1. The Morgan fingerprint density at radius 1 is 1.24 bits per heavy atom. The SMILES string of the molecule is Cc1ncn(C(=O)N2CCCC(Oc3nc(OC[C@@]45CCCN4C[C@H](F)C5)nc4c(F)c(-c5ccc(F)c6sc(N)c(C#N)c56)c(Cl)cc34)C2)n1. The molecule has 3 saturated heterocycles. The number of carbonyl (C=O) groups is 1. The van der Waals surface area contributed by atoms with Gasteiger partial charge in [-0.1, -0.05) is 17.7 Å². The van der Waals surface area contributed by atoms with Crippen molar-refractivity contribution in [2.24, 2.45) is 0 Å². The minimum atomic E-state index is -0.983. The zero-order chi connectivity index (χ0) is 35.6. The number of nitrogens with two attached hydrogens (primary N) is 1. The van der Waals surface area contributed by atoms with Gasteiger partial charge < -0.3 is 20.1 Å². The average Bonchev–Trinajstić information content (AvgIpc) is 3.87.